The van der Waals surface area contributed by atoms with E-state index in [4.69, 9.17) is 16.3 Å². The number of rotatable bonds is 3. The lowest BCUT2D eigenvalue weighted by molar-refractivity contribution is -0.0422. The summed E-state index contributed by atoms with van der Waals surface area (Å²) in [5.74, 6) is 0. The third-order valence-electron chi connectivity index (χ3n) is 3.24. The van der Waals surface area contributed by atoms with Gasteiger partial charge in [-0.15, -0.1) is 0 Å². The van der Waals surface area contributed by atoms with Gasteiger partial charge in [0.1, 0.15) is 0 Å². The van der Waals surface area contributed by atoms with Crippen molar-refractivity contribution in [1.29, 1.82) is 0 Å². The Morgan fingerprint density at radius 3 is 2.53 bits per heavy atom. The predicted molar refractivity (Wildman–Crippen MR) is 71.3 cm³/mol. The number of ether oxygens (including phenoxy) is 1. The summed E-state index contributed by atoms with van der Waals surface area (Å²) in [6.45, 7) is 5.11. The Morgan fingerprint density at radius 1 is 1.24 bits per heavy atom. The topological polar surface area (TPSA) is 21.3 Å². The van der Waals surface area contributed by atoms with Crippen LogP contribution >= 0.6 is 11.6 Å². The quantitative estimate of drug-likeness (QED) is 0.892. The van der Waals surface area contributed by atoms with Gasteiger partial charge in [-0.2, -0.15) is 0 Å². The number of hydrogen-bond acceptors (Lipinski definition) is 2. The van der Waals surface area contributed by atoms with Crippen LogP contribution in [0.5, 0.6) is 0 Å². The van der Waals surface area contributed by atoms with Crippen LogP contribution in [-0.2, 0) is 11.3 Å². The Balaban J connectivity index is 1.88. The van der Waals surface area contributed by atoms with E-state index in [1.165, 1.54) is 5.56 Å². The SMILES string of the molecule is CC1CC(NCc2ccccc2Cl)CC(C)O1. The lowest BCUT2D eigenvalue weighted by atomic mass is 9.99. The van der Waals surface area contributed by atoms with Gasteiger partial charge in [0.05, 0.1) is 12.2 Å². The van der Waals surface area contributed by atoms with Gasteiger partial charge in [0.2, 0.25) is 0 Å². The maximum absolute atomic E-state index is 6.13. The van der Waals surface area contributed by atoms with Gasteiger partial charge in [0.25, 0.3) is 0 Å². The lowest BCUT2D eigenvalue weighted by Crippen LogP contribution is -2.40. The summed E-state index contributed by atoms with van der Waals surface area (Å²) in [6.07, 6.45) is 2.86. The fraction of sp³-hybridized carbons (Fsp3) is 0.571. The minimum atomic E-state index is 0.350. The molecule has 1 heterocycles. The van der Waals surface area contributed by atoms with Gasteiger partial charge in [-0.1, -0.05) is 29.8 Å². The van der Waals surface area contributed by atoms with Gasteiger partial charge in [0, 0.05) is 17.6 Å². The molecule has 1 fully saturated rings. The molecule has 17 heavy (non-hydrogen) atoms. The van der Waals surface area contributed by atoms with E-state index < -0.39 is 0 Å². The Hall–Kier alpha value is -0.570. The third-order valence-corrected chi connectivity index (χ3v) is 3.61. The average Bonchev–Trinajstić information content (AvgIpc) is 2.27. The van der Waals surface area contributed by atoms with Gasteiger partial charge in [-0.25, -0.2) is 0 Å². The zero-order chi connectivity index (χ0) is 12.3. The van der Waals surface area contributed by atoms with Crippen molar-refractivity contribution in [3.8, 4) is 0 Å². The van der Waals surface area contributed by atoms with Gasteiger partial charge in [0.15, 0.2) is 0 Å². The first-order valence-corrected chi connectivity index (χ1v) is 6.65. The van der Waals surface area contributed by atoms with Crippen LogP contribution in [-0.4, -0.2) is 18.2 Å². The highest BCUT2D eigenvalue weighted by Crippen LogP contribution is 2.20. The second-order valence-electron chi connectivity index (χ2n) is 4.90. The predicted octanol–water partition coefficient (Wildman–Crippen LogP) is 3.39. The zero-order valence-corrected chi connectivity index (χ0v) is 11.2. The largest absolute Gasteiger partial charge is 0.375 e. The molecule has 0 aromatic heterocycles. The number of benzene rings is 1. The van der Waals surface area contributed by atoms with Crippen molar-refractivity contribution in [2.75, 3.05) is 0 Å². The summed E-state index contributed by atoms with van der Waals surface area (Å²) < 4.78 is 5.73. The zero-order valence-electron chi connectivity index (χ0n) is 10.4. The van der Waals surface area contributed by atoms with Crippen LogP contribution < -0.4 is 5.32 Å². The van der Waals surface area contributed by atoms with Gasteiger partial charge in [-0.05, 0) is 38.3 Å². The molecule has 0 spiro atoms. The van der Waals surface area contributed by atoms with Gasteiger partial charge >= 0.3 is 0 Å². The highest BCUT2D eigenvalue weighted by molar-refractivity contribution is 6.31. The molecule has 1 aliphatic rings. The molecule has 0 aliphatic carbocycles. The first-order chi connectivity index (χ1) is 8.15. The van der Waals surface area contributed by atoms with E-state index in [1.807, 2.05) is 18.2 Å². The standard InChI is InChI=1S/C14H20ClNO/c1-10-7-13(8-11(2)17-10)16-9-12-5-3-4-6-14(12)15/h3-6,10-11,13,16H,7-9H2,1-2H3. The fourth-order valence-corrected chi connectivity index (χ4v) is 2.67. The number of hydrogen-bond donors (Lipinski definition) is 1. The molecule has 1 saturated heterocycles. The maximum atomic E-state index is 6.13. The van der Waals surface area contributed by atoms with E-state index in [-0.39, 0.29) is 0 Å². The lowest BCUT2D eigenvalue weighted by Gasteiger charge is -2.32. The molecule has 1 aromatic carbocycles. The third kappa shape index (κ3) is 3.70. The molecule has 2 unspecified atom stereocenters. The Bertz CT molecular complexity index is 359. The Kier molecular flexibility index (Phi) is 4.43. The highest BCUT2D eigenvalue weighted by Gasteiger charge is 2.23. The summed E-state index contributed by atoms with van der Waals surface area (Å²) in [6, 6.07) is 8.53. The monoisotopic (exact) mass is 253 g/mol. The molecule has 3 heteroatoms. The van der Waals surface area contributed by atoms with Crippen LogP contribution in [0.25, 0.3) is 0 Å². The van der Waals surface area contributed by atoms with Crippen molar-refractivity contribution in [3.63, 3.8) is 0 Å². The average molecular weight is 254 g/mol. The van der Waals surface area contributed by atoms with Crippen LogP contribution in [0.4, 0.5) is 0 Å². The molecule has 2 rings (SSSR count). The summed E-state index contributed by atoms with van der Waals surface area (Å²) in [5, 5.41) is 4.42. The normalized spacial score (nSPS) is 29.2. The molecule has 1 aromatic rings. The van der Waals surface area contributed by atoms with Gasteiger partial charge < -0.3 is 10.1 Å². The van der Waals surface area contributed by atoms with Crippen molar-refractivity contribution in [2.24, 2.45) is 0 Å². The second-order valence-corrected chi connectivity index (χ2v) is 5.31. The van der Waals surface area contributed by atoms with Crippen molar-refractivity contribution in [1.82, 2.24) is 5.32 Å². The molecule has 1 N–H and O–H groups in total. The molecule has 2 atom stereocenters. The second kappa shape index (κ2) is 5.85. The molecule has 0 amide bonds. The van der Waals surface area contributed by atoms with Crippen LogP contribution in [0.15, 0.2) is 24.3 Å². The maximum Gasteiger partial charge on any atom is 0.0565 e. The molecule has 1 aliphatic heterocycles. The van der Waals surface area contributed by atoms with E-state index in [1.54, 1.807) is 0 Å². The van der Waals surface area contributed by atoms with E-state index in [0.717, 1.165) is 24.4 Å². The Morgan fingerprint density at radius 2 is 1.88 bits per heavy atom. The highest BCUT2D eigenvalue weighted by atomic mass is 35.5. The summed E-state index contributed by atoms with van der Waals surface area (Å²) >= 11 is 6.13. The molecule has 94 valence electrons. The van der Waals surface area contributed by atoms with Gasteiger partial charge in [-0.3, -0.25) is 0 Å². The Labute approximate surface area is 108 Å². The van der Waals surface area contributed by atoms with Crippen molar-refractivity contribution in [3.05, 3.63) is 34.9 Å². The first kappa shape index (κ1) is 12.9. The summed E-state index contributed by atoms with van der Waals surface area (Å²) in [4.78, 5) is 0. The summed E-state index contributed by atoms with van der Waals surface area (Å²) in [7, 11) is 0. The van der Waals surface area contributed by atoms with E-state index in [9.17, 15) is 0 Å². The molecular formula is C14H20ClNO. The van der Waals surface area contributed by atoms with Crippen molar-refractivity contribution >= 4 is 11.6 Å². The molecule has 0 bridgehead atoms. The molecule has 2 nitrogen and oxygen atoms in total. The molecule has 0 saturated carbocycles. The minimum Gasteiger partial charge on any atom is -0.375 e. The fourth-order valence-electron chi connectivity index (χ4n) is 2.47. The summed E-state index contributed by atoms with van der Waals surface area (Å²) in [5.41, 5.74) is 1.17. The first-order valence-electron chi connectivity index (χ1n) is 6.27. The van der Waals surface area contributed by atoms with Crippen LogP contribution in [0, 0.1) is 0 Å². The minimum absolute atomic E-state index is 0.350. The van der Waals surface area contributed by atoms with Crippen LogP contribution in [0.3, 0.4) is 0 Å². The van der Waals surface area contributed by atoms with E-state index >= 15 is 0 Å². The smallest absolute Gasteiger partial charge is 0.0565 e. The van der Waals surface area contributed by atoms with Crippen molar-refractivity contribution < 1.29 is 4.74 Å². The van der Waals surface area contributed by atoms with E-state index in [0.29, 0.717) is 18.2 Å². The van der Waals surface area contributed by atoms with Crippen LogP contribution in [0.2, 0.25) is 5.02 Å². The van der Waals surface area contributed by atoms with Crippen molar-refractivity contribution in [2.45, 2.75) is 51.5 Å². The molecule has 0 radical (unpaired) electrons. The van der Waals surface area contributed by atoms with Crippen LogP contribution in [0.1, 0.15) is 32.3 Å². The van der Waals surface area contributed by atoms with E-state index in [2.05, 4.69) is 25.2 Å². The molecular weight excluding hydrogens is 234 g/mol. The number of halogens is 1. The number of nitrogens with one attached hydrogen (secondary N) is 1.